The number of hydrogen-bond donors (Lipinski definition) is 0. The van der Waals surface area contributed by atoms with E-state index >= 15 is 0 Å². The Kier molecular flexibility index (Phi) is 3.52. The fourth-order valence-corrected chi connectivity index (χ4v) is 1.77. The molecule has 0 aromatic rings. The van der Waals surface area contributed by atoms with Gasteiger partial charge in [-0.05, 0) is 24.7 Å². The van der Waals surface area contributed by atoms with Gasteiger partial charge in [-0.25, -0.2) is 0 Å². The molecule has 0 unspecified atom stereocenters. The first kappa shape index (κ1) is 10.3. The van der Waals surface area contributed by atoms with Gasteiger partial charge in [-0.3, -0.25) is 4.79 Å². The van der Waals surface area contributed by atoms with Crippen molar-refractivity contribution in [2.75, 3.05) is 7.11 Å². The molecule has 0 aliphatic heterocycles. The van der Waals surface area contributed by atoms with E-state index in [1.807, 2.05) is 0 Å². The van der Waals surface area contributed by atoms with Gasteiger partial charge in [0.15, 0.2) is 0 Å². The minimum atomic E-state index is -0.0602. The Balaban J connectivity index is 2.55. The zero-order chi connectivity index (χ0) is 9.84. The molecule has 0 N–H and O–H groups in total. The Hall–Kier alpha value is -0.790. The summed E-state index contributed by atoms with van der Waals surface area (Å²) in [5, 5.41) is 0. The standard InChI is InChI=1S/C11H18O2/c1-8(2)9-5-4-6-10(7-9)11(12)13-3/h4-5,8-10H,6-7H2,1-3H3/t9-,10-/m1/s1. The van der Waals surface area contributed by atoms with Crippen LogP contribution in [0.2, 0.25) is 0 Å². The van der Waals surface area contributed by atoms with Crippen molar-refractivity contribution in [1.82, 2.24) is 0 Å². The molecule has 0 aromatic carbocycles. The van der Waals surface area contributed by atoms with Crippen LogP contribution in [0.4, 0.5) is 0 Å². The minimum absolute atomic E-state index is 0.0602. The maximum absolute atomic E-state index is 11.3. The third-order valence-electron chi connectivity index (χ3n) is 2.75. The number of methoxy groups -OCH3 is 1. The summed E-state index contributed by atoms with van der Waals surface area (Å²) in [6, 6.07) is 0. The van der Waals surface area contributed by atoms with Gasteiger partial charge < -0.3 is 4.74 Å². The molecule has 0 saturated carbocycles. The van der Waals surface area contributed by atoms with E-state index in [0.29, 0.717) is 11.8 Å². The maximum Gasteiger partial charge on any atom is 0.308 e. The summed E-state index contributed by atoms with van der Waals surface area (Å²) in [7, 11) is 1.46. The van der Waals surface area contributed by atoms with E-state index in [1.54, 1.807) is 0 Å². The normalized spacial score (nSPS) is 27.7. The van der Waals surface area contributed by atoms with E-state index < -0.39 is 0 Å². The van der Waals surface area contributed by atoms with Gasteiger partial charge in [0.25, 0.3) is 0 Å². The van der Waals surface area contributed by atoms with E-state index in [9.17, 15) is 4.79 Å². The first-order valence-corrected chi connectivity index (χ1v) is 4.89. The van der Waals surface area contributed by atoms with Gasteiger partial charge in [0.2, 0.25) is 0 Å². The SMILES string of the molecule is COC(=O)[C@@H]1CC=C[C@@H](C(C)C)C1. The molecule has 13 heavy (non-hydrogen) atoms. The third kappa shape index (κ3) is 2.58. The van der Waals surface area contributed by atoms with Crippen molar-refractivity contribution in [2.24, 2.45) is 17.8 Å². The van der Waals surface area contributed by atoms with Crippen molar-refractivity contribution in [3.63, 3.8) is 0 Å². The summed E-state index contributed by atoms with van der Waals surface area (Å²) in [5.74, 6) is 1.18. The second-order valence-corrected chi connectivity index (χ2v) is 4.03. The highest BCUT2D eigenvalue weighted by molar-refractivity contribution is 5.72. The van der Waals surface area contributed by atoms with Crippen molar-refractivity contribution < 1.29 is 9.53 Å². The second-order valence-electron chi connectivity index (χ2n) is 4.03. The molecule has 0 bridgehead atoms. The highest BCUT2D eigenvalue weighted by Crippen LogP contribution is 2.29. The fourth-order valence-electron chi connectivity index (χ4n) is 1.77. The molecule has 0 saturated heterocycles. The molecule has 0 spiro atoms. The molecule has 0 radical (unpaired) electrons. The number of ether oxygens (including phenoxy) is 1. The van der Waals surface area contributed by atoms with Crippen LogP contribution in [0.5, 0.6) is 0 Å². The third-order valence-corrected chi connectivity index (χ3v) is 2.75. The number of esters is 1. The lowest BCUT2D eigenvalue weighted by molar-refractivity contribution is -0.146. The molecule has 0 amide bonds. The predicted molar refractivity (Wildman–Crippen MR) is 52.2 cm³/mol. The Morgan fingerprint density at radius 1 is 1.54 bits per heavy atom. The Morgan fingerprint density at radius 2 is 2.23 bits per heavy atom. The summed E-state index contributed by atoms with van der Waals surface area (Å²) in [4.78, 5) is 11.3. The fraction of sp³-hybridized carbons (Fsp3) is 0.727. The zero-order valence-corrected chi connectivity index (χ0v) is 8.62. The van der Waals surface area contributed by atoms with Crippen molar-refractivity contribution in [1.29, 1.82) is 0 Å². The van der Waals surface area contributed by atoms with Gasteiger partial charge in [0.05, 0.1) is 13.0 Å². The number of carbonyl (C=O) groups excluding carboxylic acids is 1. The first-order valence-electron chi connectivity index (χ1n) is 4.89. The van der Waals surface area contributed by atoms with Crippen LogP contribution >= 0.6 is 0 Å². The monoisotopic (exact) mass is 182 g/mol. The first-order chi connectivity index (χ1) is 6.15. The predicted octanol–water partition coefficient (Wildman–Crippen LogP) is 2.40. The minimum Gasteiger partial charge on any atom is -0.469 e. The average molecular weight is 182 g/mol. The summed E-state index contributed by atoms with van der Waals surface area (Å²) < 4.78 is 4.74. The lowest BCUT2D eigenvalue weighted by Gasteiger charge is -2.25. The highest BCUT2D eigenvalue weighted by Gasteiger charge is 2.25. The summed E-state index contributed by atoms with van der Waals surface area (Å²) in [6.45, 7) is 4.38. The molecule has 74 valence electrons. The van der Waals surface area contributed by atoms with Gasteiger partial charge in [-0.15, -0.1) is 0 Å². The molecule has 2 heteroatoms. The molecule has 0 fully saturated rings. The molecular weight excluding hydrogens is 164 g/mol. The molecule has 1 rings (SSSR count). The van der Waals surface area contributed by atoms with Crippen LogP contribution in [-0.2, 0) is 9.53 Å². The van der Waals surface area contributed by atoms with Gasteiger partial charge >= 0.3 is 5.97 Å². The molecule has 0 heterocycles. The maximum atomic E-state index is 11.3. The lowest BCUT2D eigenvalue weighted by Crippen LogP contribution is -2.23. The Morgan fingerprint density at radius 3 is 2.77 bits per heavy atom. The van der Waals surface area contributed by atoms with E-state index in [1.165, 1.54) is 7.11 Å². The van der Waals surface area contributed by atoms with E-state index in [0.717, 1.165) is 12.8 Å². The summed E-state index contributed by atoms with van der Waals surface area (Å²) in [5.41, 5.74) is 0. The van der Waals surface area contributed by atoms with Crippen molar-refractivity contribution in [2.45, 2.75) is 26.7 Å². The molecule has 1 aliphatic rings. The Bertz CT molecular complexity index is 206. The van der Waals surface area contributed by atoms with Gasteiger partial charge in [-0.2, -0.15) is 0 Å². The largest absolute Gasteiger partial charge is 0.469 e. The molecular formula is C11H18O2. The van der Waals surface area contributed by atoms with Crippen LogP contribution in [0.3, 0.4) is 0 Å². The average Bonchev–Trinajstić information content (AvgIpc) is 2.17. The number of carbonyl (C=O) groups is 1. The Labute approximate surface area is 80.0 Å². The van der Waals surface area contributed by atoms with Crippen molar-refractivity contribution >= 4 is 5.97 Å². The van der Waals surface area contributed by atoms with E-state index in [2.05, 4.69) is 26.0 Å². The van der Waals surface area contributed by atoms with Gasteiger partial charge in [0.1, 0.15) is 0 Å². The molecule has 2 nitrogen and oxygen atoms in total. The van der Waals surface area contributed by atoms with Crippen molar-refractivity contribution in [3.8, 4) is 0 Å². The molecule has 0 aromatic heterocycles. The lowest BCUT2D eigenvalue weighted by atomic mass is 9.81. The number of hydrogen-bond acceptors (Lipinski definition) is 2. The number of rotatable bonds is 2. The van der Waals surface area contributed by atoms with Gasteiger partial charge in [0, 0.05) is 0 Å². The summed E-state index contributed by atoms with van der Waals surface area (Å²) >= 11 is 0. The van der Waals surface area contributed by atoms with Crippen LogP contribution in [0, 0.1) is 17.8 Å². The van der Waals surface area contributed by atoms with Crippen LogP contribution < -0.4 is 0 Å². The van der Waals surface area contributed by atoms with E-state index in [-0.39, 0.29) is 11.9 Å². The summed E-state index contributed by atoms with van der Waals surface area (Å²) in [6.07, 6.45) is 6.12. The zero-order valence-electron chi connectivity index (χ0n) is 8.62. The topological polar surface area (TPSA) is 26.3 Å². The van der Waals surface area contributed by atoms with Crippen molar-refractivity contribution in [3.05, 3.63) is 12.2 Å². The van der Waals surface area contributed by atoms with Gasteiger partial charge in [-0.1, -0.05) is 26.0 Å². The second kappa shape index (κ2) is 4.45. The quantitative estimate of drug-likeness (QED) is 0.484. The van der Waals surface area contributed by atoms with Crippen LogP contribution in [-0.4, -0.2) is 13.1 Å². The molecule has 2 atom stereocenters. The van der Waals surface area contributed by atoms with Crippen LogP contribution in [0.1, 0.15) is 26.7 Å². The number of allylic oxidation sites excluding steroid dienone is 2. The molecule has 1 aliphatic carbocycles. The smallest absolute Gasteiger partial charge is 0.308 e. The van der Waals surface area contributed by atoms with Crippen LogP contribution in [0.15, 0.2) is 12.2 Å². The van der Waals surface area contributed by atoms with Crippen LogP contribution in [0.25, 0.3) is 0 Å². The van der Waals surface area contributed by atoms with E-state index in [4.69, 9.17) is 4.74 Å². The highest BCUT2D eigenvalue weighted by atomic mass is 16.5.